The first-order valence-electron chi connectivity index (χ1n) is 15.2. The summed E-state index contributed by atoms with van der Waals surface area (Å²) in [5.74, 6) is -2.14. The molecule has 0 bridgehead atoms. The second-order valence-corrected chi connectivity index (χ2v) is 14.9. The van der Waals surface area contributed by atoms with Crippen LogP contribution in [0.4, 0.5) is 13.2 Å². The fourth-order valence-corrected chi connectivity index (χ4v) is 7.98. The van der Waals surface area contributed by atoms with Crippen molar-refractivity contribution in [1.29, 1.82) is 0 Å². The molecule has 0 spiro atoms. The number of benzene rings is 2. The molecule has 0 unspecified atom stereocenters. The van der Waals surface area contributed by atoms with Gasteiger partial charge in [-0.05, 0) is 91.9 Å². The number of carbonyl (C=O) groups excluding carboxylic acids is 3. The number of carbonyl (C=O) groups is 3. The summed E-state index contributed by atoms with van der Waals surface area (Å²) in [5.41, 5.74) is 0.431. The van der Waals surface area contributed by atoms with Gasteiger partial charge in [0.05, 0.1) is 15.0 Å². The number of phenols is 1. The van der Waals surface area contributed by atoms with Crippen LogP contribution in [0, 0.1) is 17.8 Å². The van der Waals surface area contributed by atoms with Crippen LogP contribution in [0.1, 0.15) is 87.8 Å². The zero-order valence-electron chi connectivity index (χ0n) is 24.3. The standard InChI is InChI=1S/C33H37Br3F3NO4/c34-24-11-5-10-22(17-24)32(33(37,38)39)40-27(15-21-13-25(35)31(44)26(36)14-21)28(41)18-23(12-19-8-4-9-19)30(43)29(42)16-20-6-2-1-3-7-20/h5,10-11,13-14,17,19-20,23,27,32,40,44H,1-4,6-9,12,15-16,18H2/t23-,27+,32+/m1/s1. The number of hydrogen-bond donors (Lipinski definition) is 2. The third kappa shape index (κ3) is 9.72. The maximum absolute atomic E-state index is 14.5. The summed E-state index contributed by atoms with van der Waals surface area (Å²) in [6.45, 7) is 0. The van der Waals surface area contributed by atoms with Crippen molar-refractivity contribution in [1.82, 2.24) is 5.32 Å². The average Bonchev–Trinajstić information content (AvgIpc) is 2.94. The van der Waals surface area contributed by atoms with Crippen molar-refractivity contribution < 1.29 is 32.7 Å². The molecule has 0 aliphatic heterocycles. The van der Waals surface area contributed by atoms with E-state index in [1.54, 1.807) is 18.2 Å². The van der Waals surface area contributed by atoms with Gasteiger partial charge in [0.1, 0.15) is 11.8 Å². The van der Waals surface area contributed by atoms with Crippen LogP contribution in [-0.4, -0.2) is 34.7 Å². The molecule has 0 saturated heterocycles. The first kappa shape index (κ1) is 35.3. The van der Waals surface area contributed by atoms with Gasteiger partial charge in [-0.15, -0.1) is 0 Å². The normalized spacial score (nSPS) is 18.3. The molecule has 2 aliphatic carbocycles. The Morgan fingerprint density at radius 2 is 1.55 bits per heavy atom. The second-order valence-electron chi connectivity index (χ2n) is 12.3. The Labute approximate surface area is 281 Å². The van der Waals surface area contributed by atoms with E-state index in [9.17, 15) is 32.7 Å². The summed E-state index contributed by atoms with van der Waals surface area (Å²) >= 11 is 9.75. The van der Waals surface area contributed by atoms with Crippen LogP contribution in [0.25, 0.3) is 0 Å². The topological polar surface area (TPSA) is 83.5 Å². The predicted molar refractivity (Wildman–Crippen MR) is 173 cm³/mol. The van der Waals surface area contributed by atoms with Crippen LogP contribution in [-0.2, 0) is 20.8 Å². The molecule has 2 fully saturated rings. The molecule has 5 nitrogen and oxygen atoms in total. The van der Waals surface area contributed by atoms with Gasteiger partial charge in [0, 0.05) is 23.2 Å². The van der Waals surface area contributed by atoms with Crippen molar-refractivity contribution in [3.8, 4) is 5.75 Å². The van der Waals surface area contributed by atoms with Gasteiger partial charge >= 0.3 is 6.18 Å². The van der Waals surface area contributed by atoms with Crippen molar-refractivity contribution in [3.63, 3.8) is 0 Å². The Kier molecular flexibility index (Phi) is 12.7. The lowest BCUT2D eigenvalue weighted by Crippen LogP contribution is -2.47. The summed E-state index contributed by atoms with van der Waals surface area (Å²) in [4.78, 5) is 40.7. The van der Waals surface area contributed by atoms with Crippen LogP contribution >= 0.6 is 47.8 Å². The Morgan fingerprint density at radius 3 is 2.11 bits per heavy atom. The molecule has 0 radical (unpaired) electrons. The molecule has 0 heterocycles. The molecule has 2 aliphatic rings. The number of nitrogens with one attached hydrogen (secondary N) is 1. The molecule has 4 rings (SSSR count). The molecule has 2 saturated carbocycles. The van der Waals surface area contributed by atoms with E-state index in [0.29, 0.717) is 25.4 Å². The molecule has 0 aromatic heterocycles. The summed E-state index contributed by atoms with van der Waals surface area (Å²) in [7, 11) is 0. The van der Waals surface area contributed by atoms with Gasteiger partial charge in [0.2, 0.25) is 5.78 Å². The van der Waals surface area contributed by atoms with Gasteiger partial charge in [-0.2, -0.15) is 13.2 Å². The first-order valence-corrected chi connectivity index (χ1v) is 17.5. The average molecular weight is 808 g/mol. The van der Waals surface area contributed by atoms with Crippen LogP contribution in [0.5, 0.6) is 5.75 Å². The maximum Gasteiger partial charge on any atom is 0.407 e. The number of phenolic OH excluding ortho intramolecular Hbond substituents is 1. The molecule has 0 amide bonds. The molecule has 11 heteroatoms. The third-order valence-corrected chi connectivity index (χ3v) is 10.6. The number of hydrogen-bond acceptors (Lipinski definition) is 5. The number of rotatable bonds is 14. The van der Waals surface area contributed by atoms with Gasteiger partial charge < -0.3 is 5.11 Å². The fourth-order valence-electron chi connectivity index (χ4n) is 6.29. The minimum atomic E-state index is -4.73. The third-order valence-electron chi connectivity index (χ3n) is 8.92. The quantitative estimate of drug-likeness (QED) is 0.186. The lowest BCUT2D eigenvalue weighted by atomic mass is 9.75. The van der Waals surface area contributed by atoms with E-state index in [-0.39, 0.29) is 42.4 Å². The van der Waals surface area contributed by atoms with E-state index in [2.05, 4.69) is 53.1 Å². The molecule has 3 atom stereocenters. The van der Waals surface area contributed by atoms with Crippen LogP contribution in [0.15, 0.2) is 49.8 Å². The first-order chi connectivity index (χ1) is 20.8. The Balaban J connectivity index is 1.62. The molecular weight excluding hydrogens is 771 g/mol. The minimum Gasteiger partial charge on any atom is -0.506 e. The molecule has 44 heavy (non-hydrogen) atoms. The van der Waals surface area contributed by atoms with E-state index in [4.69, 9.17) is 0 Å². The monoisotopic (exact) mass is 805 g/mol. The van der Waals surface area contributed by atoms with Crippen LogP contribution < -0.4 is 5.32 Å². The fraction of sp³-hybridized carbons (Fsp3) is 0.545. The van der Waals surface area contributed by atoms with E-state index >= 15 is 0 Å². The van der Waals surface area contributed by atoms with Crippen LogP contribution in [0.3, 0.4) is 0 Å². The van der Waals surface area contributed by atoms with Crippen molar-refractivity contribution in [2.75, 3.05) is 0 Å². The molecule has 240 valence electrons. The van der Waals surface area contributed by atoms with E-state index in [0.717, 1.165) is 51.4 Å². The van der Waals surface area contributed by atoms with Gasteiger partial charge in [0.25, 0.3) is 0 Å². The Bertz CT molecular complexity index is 1320. The van der Waals surface area contributed by atoms with E-state index in [1.165, 1.54) is 18.2 Å². The highest BCUT2D eigenvalue weighted by atomic mass is 79.9. The summed E-state index contributed by atoms with van der Waals surface area (Å²) in [6, 6.07) is 5.43. The van der Waals surface area contributed by atoms with E-state index < -0.39 is 41.5 Å². The zero-order valence-corrected chi connectivity index (χ0v) is 29.0. The summed E-state index contributed by atoms with van der Waals surface area (Å²) < 4.78 is 44.6. The number of alkyl halides is 3. The maximum atomic E-state index is 14.5. The Hall–Kier alpha value is -1.56. The van der Waals surface area contributed by atoms with Crippen molar-refractivity contribution >= 4 is 65.1 Å². The van der Waals surface area contributed by atoms with Gasteiger partial charge in [-0.3, -0.25) is 19.7 Å². The largest absolute Gasteiger partial charge is 0.506 e. The summed E-state index contributed by atoms with van der Waals surface area (Å²) in [5, 5.41) is 12.7. The molecular formula is C33H37Br3F3NO4. The zero-order chi connectivity index (χ0) is 32.0. The number of ketones is 3. The van der Waals surface area contributed by atoms with Crippen molar-refractivity contribution in [3.05, 3.63) is 60.9 Å². The van der Waals surface area contributed by atoms with E-state index in [1.807, 2.05) is 0 Å². The number of halogens is 6. The number of Topliss-reactive ketones (excluding diaryl/α,β-unsaturated/α-hetero) is 3. The Morgan fingerprint density at radius 1 is 0.909 bits per heavy atom. The van der Waals surface area contributed by atoms with Crippen LogP contribution in [0.2, 0.25) is 0 Å². The lowest BCUT2D eigenvalue weighted by Gasteiger charge is -2.31. The number of aromatic hydroxyl groups is 1. The molecule has 2 aromatic carbocycles. The SMILES string of the molecule is O=C(CC1CCCCC1)C(=O)[C@@H](CC(=O)[C@H](Cc1cc(Br)c(O)c(Br)c1)N[C@@H](c1cccc(Br)c1)C(F)(F)F)CC1CCC1. The smallest absolute Gasteiger partial charge is 0.407 e. The lowest BCUT2D eigenvalue weighted by molar-refractivity contribution is -0.161. The van der Waals surface area contributed by atoms with Gasteiger partial charge in [-0.25, -0.2) is 0 Å². The van der Waals surface area contributed by atoms with Gasteiger partial charge in [-0.1, -0.05) is 79.4 Å². The predicted octanol–water partition coefficient (Wildman–Crippen LogP) is 9.36. The summed E-state index contributed by atoms with van der Waals surface area (Å²) in [6.07, 6.45) is 3.22. The highest BCUT2D eigenvalue weighted by molar-refractivity contribution is 9.11. The minimum absolute atomic E-state index is 0.0671. The highest BCUT2D eigenvalue weighted by Gasteiger charge is 2.43. The second kappa shape index (κ2) is 15.8. The molecule has 2 N–H and O–H groups in total. The van der Waals surface area contributed by atoms with Gasteiger partial charge in [0.15, 0.2) is 11.6 Å². The highest BCUT2D eigenvalue weighted by Crippen LogP contribution is 2.38. The molecule has 2 aromatic rings. The van der Waals surface area contributed by atoms with Crippen molar-refractivity contribution in [2.24, 2.45) is 17.8 Å². The van der Waals surface area contributed by atoms with Crippen molar-refractivity contribution in [2.45, 2.75) is 95.3 Å².